The number of sulfonamides is 1. The first-order chi connectivity index (χ1) is 36.0. The molecule has 2 aromatic heterocycles. The summed E-state index contributed by atoms with van der Waals surface area (Å²) in [7, 11) is -2.89. The van der Waals surface area contributed by atoms with Gasteiger partial charge in [-0.25, -0.2) is 18.1 Å². The Kier molecular flexibility index (Phi) is 14.7. The number of H-pyrrole nitrogens is 1. The van der Waals surface area contributed by atoms with Gasteiger partial charge in [0.15, 0.2) is 0 Å². The molecular weight excluding hydrogens is 969 g/mol. The van der Waals surface area contributed by atoms with Crippen molar-refractivity contribution in [2.75, 3.05) is 50.1 Å². The molecule has 4 N–H and O–H groups in total. The van der Waals surface area contributed by atoms with Gasteiger partial charge in [0.25, 0.3) is 21.6 Å². The van der Waals surface area contributed by atoms with Crippen LogP contribution in [0.4, 0.5) is 17.1 Å². The normalized spacial score (nSPS) is 22.5. The SMILES string of the molecule is COc1ccc(CN2CCN(C3CC4(CCN(c5ccc(C(=O)NS(=O)(=O)c6ccc(NCC7CCC(C)(O)CC7)c([N+](=O)[O-])c6)c(Oc6cnc7[nH]ccc7c6)c5)CC4)C3)C(c3ccccc3C(C)C)C2C)cc1. The molecule has 1 amide bonds. The first-order valence-corrected chi connectivity index (χ1v) is 28.0. The molecule has 4 heterocycles. The molecule has 1 spiro atoms. The van der Waals surface area contributed by atoms with Crippen molar-refractivity contribution in [2.45, 2.75) is 120 Å². The highest BCUT2D eigenvalue weighted by atomic mass is 32.2. The van der Waals surface area contributed by atoms with E-state index in [9.17, 15) is 28.4 Å². The third-order valence-electron chi connectivity index (χ3n) is 16.8. The minimum atomic E-state index is -4.59. The van der Waals surface area contributed by atoms with Crippen molar-refractivity contribution >= 4 is 44.0 Å². The fourth-order valence-electron chi connectivity index (χ4n) is 12.3. The zero-order valence-electron chi connectivity index (χ0n) is 43.6. The molecule has 2 unspecified atom stereocenters. The first-order valence-electron chi connectivity index (χ1n) is 26.5. The molecule has 4 aromatic carbocycles. The maximum atomic E-state index is 14.1. The van der Waals surface area contributed by atoms with E-state index in [-0.39, 0.29) is 34.4 Å². The highest BCUT2D eigenvalue weighted by Crippen LogP contribution is 2.54. The predicted molar refractivity (Wildman–Crippen MR) is 291 cm³/mol. The number of carbonyl (C=O) groups excluding carboxylic acids is 1. The number of aromatic amines is 1. The van der Waals surface area contributed by atoms with Crippen molar-refractivity contribution < 1.29 is 32.7 Å². The summed E-state index contributed by atoms with van der Waals surface area (Å²) in [6.07, 6.45) is 10.4. The maximum Gasteiger partial charge on any atom is 0.293 e. The van der Waals surface area contributed by atoms with Crippen LogP contribution in [0.5, 0.6) is 17.2 Å². The number of nitrogens with one attached hydrogen (secondary N) is 3. The molecule has 0 bridgehead atoms. The highest BCUT2D eigenvalue weighted by molar-refractivity contribution is 7.90. The molecule has 2 saturated carbocycles. The predicted octanol–water partition coefficient (Wildman–Crippen LogP) is 10.6. The Balaban J connectivity index is 0.837. The van der Waals surface area contributed by atoms with E-state index in [1.54, 1.807) is 37.7 Å². The summed E-state index contributed by atoms with van der Waals surface area (Å²) in [6, 6.07) is 30.9. The number of methoxy groups -OCH3 is 1. The lowest BCUT2D eigenvalue weighted by atomic mass is 9.59. The zero-order valence-corrected chi connectivity index (χ0v) is 44.4. The number of nitrogens with zero attached hydrogens (tertiary/aromatic N) is 5. The van der Waals surface area contributed by atoms with Gasteiger partial charge in [-0.1, -0.05) is 50.2 Å². The maximum absolute atomic E-state index is 14.1. The number of aromatic nitrogens is 2. The second kappa shape index (κ2) is 21.2. The number of carbonyl (C=O) groups is 1. The Labute approximate surface area is 440 Å². The van der Waals surface area contributed by atoms with Crippen LogP contribution < -0.4 is 24.4 Å². The molecule has 16 nitrogen and oxygen atoms in total. The molecule has 6 aromatic rings. The minimum Gasteiger partial charge on any atom is -0.497 e. The number of hydrogen-bond acceptors (Lipinski definition) is 13. The monoisotopic (exact) mass is 1040 g/mol. The number of piperidine rings is 1. The van der Waals surface area contributed by atoms with Gasteiger partial charge in [0.1, 0.15) is 28.6 Å². The zero-order chi connectivity index (χ0) is 52.6. The van der Waals surface area contributed by atoms with Gasteiger partial charge >= 0.3 is 0 Å². The average molecular weight is 1040 g/mol. The van der Waals surface area contributed by atoms with Crippen LogP contribution in [0.3, 0.4) is 0 Å². The third kappa shape index (κ3) is 11.2. The van der Waals surface area contributed by atoms with Crippen LogP contribution in [-0.4, -0.2) is 102 Å². The van der Waals surface area contributed by atoms with Crippen molar-refractivity contribution in [1.29, 1.82) is 0 Å². The average Bonchev–Trinajstić information content (AvgIpc) is 3.86. The number of nitro groups is 1. The van der Waals surface area contributed by atoms with Crippen molar-refractivity contribution in [3.05, 3.63) is 142 Å². The van der Waals surface area contributed by atoms with Crippen LogP contribution in [-0.2, 0) is 16.6 Å². The quantitative estimate of drug-likeness (QED) is 0.0529. The number of amides is 1. The Morgan fingerprint density at radius 2 is 1.68 bits per heavy atom. The third-order valence-corrected chi connectivity index (χ3v) is 18.1. The molecule has 2 aliphatic carbocycles. The van der Waals surface area contributed by atoms with Gasteiger partial charge < -0.3 is 29.8 Å². The summed E-state index contributed by atoms with van der Waals surface area (Å²) in [5, 5.41) is 26.5. The molecular formula is C58H70N8O8S. The van der Waals surface area contributed by atoms with Gasteiger partial charge in [0.05, 0.1) is 40.3 Å². The summed E-state index contributed by atoms with van der Waals surface area (Å²) >= 11 is 0. The van der Waals surface area contributed by atoms with E-state index in [2.05, 4.69) is 91.9 Å². The van der Waals surface area contributed by atoms with E-state index >= 15 is 0 Å². The van der Waals surface area contributed by atoms with Crippen molar-refractivity contribution in [3.8, 4) is 17.2 Å². The molecule has 2 aliphatic heterocycles. The number of nitro benzene ring substituents is 1. The number of piperazine rings is 1. The van der Waals surface area contributed by atoms with Crippen LogP contribution in [0, 0.1) is 21.4 Å². The standard InChI is InChI=1S/C58H70N8O8S/c1-38(2)48-8-6-7-9-49(48)54-39(3)64(37-41-10-13-45(73-5)14-11-41)28-29-65(54)44-33-58(34-44)23-26-63(27-24-58)43-12-16-50(53(31-43)74-46-30-42-20-25-59-55(42)61-36-46)56(67)62-75(71,72)47-15-17-51(52(32-47)66(69)70)60-35-40-18-21-57(4,68)22-19-40/h6-17,20,25,30-32,36,38-40,44,54,60,68H,18-19,21-24,26-29,33-35,37H2,1-5H3,(H,59,61)(H,62,67). The molecule has 10 rings (SSSR count). The van der Waals surface area contributed by atoms with Crippen molar-refractivity contribution in [3.63, 3.8) is 0 Å². The van der Waals surface area contributed by atoms with Crippen LogP contribution >= 0.6 is 0 Å². The number of pyridine rings is 1. The molecule has 4 fully saturated rings. The summed E-state index contributed by atoms with van der Waals surface area (Å²) < 4.78 is 41.7. The van der Waals surface area contributed by atoms with E-state index in [1.165, 1.54) is 28.8 Å². The van der Waals surface area contributed by atoms with Crippen LogP contribution in [0.25, 0.3) is 11.0 Å². The van der Waals surface area contributed by atoms with Crippen molar-refractivity contribution in [2.24, 2.45) is 11.3 Å². The van der Waals surface area contributed by atoms with Crippen LogP contribution in [0.2, 0.25) is 0 Å². The number of ether oxygens (including phenoxy) is 2. The van der Waals surface area contributed by atoms with Gasteiger partial charge in [0, 0.05) is 80.8 Å². The van der Waals surface area contributed by atoms with Gasteiger partial charge in [-0.15, -0.1) is 0 Å². The molecule has 17 heteroatoms. The number of benzene rings is 4. The second-order valence-electron chi connectivity index (χ2n) is 22.1. The summed E-state index contributed by atoms with van der Waals surface area (Å²) in [5.41, 5.74) is 4.85. The minimum absolute atomic E-state index is 0.0297. The van der Waals surface area contributed by atoms with Gasteiger partial charge in [-0.3, -0.25) is 24.7 Å². The number of aliphatic hydroxyl groups is 1. The Morgan fingerprint density at radius 1 is 0.933 bits per heavy atom. The van der Waals surface area contributed by atoms with Crippen molar-refractivity contribution in [1.82, 2.24) is 24.5 Å². The Morgan fingerprint density at radius 3 is 2.40 bits per heavy atom. The summed E-state index contributed by atoms with van der Waals surface area (Å²) in [4.78, 5) is 40.6. The Bertz CT molecular complexity index is 3140. The van der Waals surface area contributed by atoms with E-state index in [0.717, 1.165) is 94.1 Å². The smallest absolute Gasteiger partial charge is 0.293 e. The lowest BCUT2D eigenvalue weighted by Crippen LogP contribution is -2.62. The number of fused-ring (bicyclic) bond motifs is 1. The lowest BCUT2D eigenvalue weighted by molar-refractivity contribution is -0.384. The van der Waals surface area contributed by atoms with Gasteiger partial charge in [-0.2, -0.15) is 0 Å². The fourth-order valence-corrected chi connectivity index (χ4v) is 13.3. The highest BCUT2D eigenvalue weighted by Gasteiger charge is 2.51. The van der Waals surface area contributed by atoms with E-state index in [0.29, 0.717) is 48.8 Å². The van der Waals surface area contributed by atoms with E-state index < -0.39 is 37.0 Å². The second-order valence-corrected chi connectivity index (χ2v) is 23.8. The number of hydrogen-bond donors (Lipinski definition) is 4. The van der Waals surface area contributed by atoms with Gasteiger partial charge in [0.2, 0.25) is 0 Å². The van der Waals surface area contributed by atoms with E-state index in [4.69, 9.17) is 9.47 Å². The fraction of sp³-hybridized carbons (Fsp3) is 0.448. The van der Waals surface area contributed by atoms with Gasteiger partial charge in [-0.05, 0) is 148 Å². The lowest BCUT2D eigenvalue weighted by Gasteiger charge is -2.59. The molecule has 0 radical (unpaired) electrons. The first kappa shape index (κ1) is 51.9. The number of anilines is 2. The largest absolute Gasteiger partial charge is 0.497 e. The topological polar surface area (TPSA) is 195 Å². The molecule has 2 saturated heterocycles. The molecule has 4 aliphatic rings. The Hall–Kier alpha value is -6.53. The molecule has 75 heavy (non-hydrogen) atoms. The summed E-state index contributed by atoms with van der Waals surface area (Å²) in [6.45, 7) is 13.7. The van der Waals surface area contributed by atoms with Crippen LogP contribution in [0.15, 0.2) is 114 Å². The van der Waals surface area contributed by atoms with Crippen LogP contribution in [0.1, 0.15) is 118 Å². The number of rotatable bonds is 16. The summed E-state index contributed by atoms with van der Waals surface area (Å²) in [5.74, 6) is 1.02. The molecule has 2 atom stereocenters. The van der Waals surface area contributed by atoms with E-state index in [1.807, 2.05) is 31.2 Å². The molecule has 396 valence electrons.